The van der Waals surface area contributed by atoms with Crippen molar-refractivity contribution in [1.82, 2.24) is 4.57 Å². The van der Waals surface area contributed by atoms with Crippen molar-refractivity contribution >= 4 is 0 Å². The van der Waals surface area contributed by atoms with Gasteiger partial charge in [0.2, 0.25) is 0 Å². The fourth-order valence-electron chi connectivity index (χ4n) is 4.23. The lowest BCUT2D eigenvalue weighted by atomic mass is 9.74. The van der Waals surface area contributed by atoms with Crippen LogP contribution in [-0.2, 0) is 16.7 Å². The van der Waals surface area contributed by atoms with Gasteiger partial charge in [-0.15, -0.1) is 0 Å². The van der Waals surface area contributed by atoms with E-state index in [1.807, 2.05) is 0 Å². The monoisotopic (exact) mass is 276 g/mol. The second kappa shape index (κ2) is 4.60. The summed E-state index contributed by atoms with van der Waals surface area (Å²) in [5, 5.41) is 0. The number of hydrogen-bond acceptors (Lipinski definition) is 2. The summed E-state index contributed by atoms with van der Waals surface area (Å²) < 4.78 is 8.16. The van der Waals surface area contributed by atoms with Gasteiger partial charge in [0.25, 0.3) is 0 Å². The fraction of sp³-hybridized carbons (Fsp3) is 0.765. The first-order valence-electron chi connectivity index (χ1n) is 7.87. The Labute approximate surface area is 122 Å². The highest BCUT2D eigenvalue weighted by Crippen LogP contribution is 2.44. The molecule has 1 aliphatic heterocycles. The standard InChI is InChI=1S/C17H28N2O/c1-12-9-13-14(18)10-16(2,3)11-15(13)19(12)17(4)5-7-20-8-6-17/h9,14H,5-8,10-11,18H2,1-4H3. The van der Waals surface area contributed by atoms with Gasteiger partial charge in [-0.1, -0.05) is 13.8 Å². The first-order valence-corrected chi connectivity index (χ1v) is 7.87. The van der Waals surface area contributed by atoms with Crippen LogP contribution in [0.15, 0.2) is 6.07 Å². The fourth-order valence-corrected chi connectivity index (χ4v) is 4.23. The second-order valence-corrected chi connectivity index (χ2v) is 7.78. The zero-order valence-corrected chi connectivity index (χ0v) is 13.3. The number of rotatable bonds is 1. The van der Waals surface area contributed by atoms with Crippen LogP contribution in [0.3, 0.4) is 0 Å². The van der Waals surface area contributed by atoms with Crippen molar-refractivity contribution in [3.8, 4) is 0 Å². The average molecular weight is 276 g/mol. The summed E-state index contributed by atoms with van der Waals surface area (Å²) in [5.74, 6) is 0. The Kier molecular flexibility index (Phi) is 3.26. The summed E-state index contributed by atoms with van der Waals surface area (Å²) in [6.07, 6.45) is 4.43. The van der Waals surface area contributed by atoms with Crippen LogP contribution in [0.1, 0.15) is 63.0 Å². The number of nitrogens with two attached hydrogens (primary N) is 1. The van der Waals surface area contributed by atoms with Crippen LogP contribution >= 0.6 is 0 Å². The van der Waals surface area contributed by atoms with Crippen LogP contribution in [0.4, 0.5) is 0 Å². The number of nitrogens with zero attached hydrogens (tertiary/aromatic N) is 1. The molecule has 112 valence electrons. The van der Waals surface area contributed by atoms with E-state index in [1.165, 1.54) is 17.0 Å². The van der Waals surface area contributed by atoms with Crippen molar-refractivity contribution in [2.75, 3.05) is 13.2 Å². The maximum absolute atomic E-state index is 6.44. The Balaban J connectivity index is 2.09. The van der Waals surface area contributed by atoms with Crippen LogP contribution in [0.25, 0.3) is 0 Å². The Bertz CT molecular complexity index is 509. The smallest absolute Gasteiger partial charge is 0.0488 e. The summed E-state index contributed by atoms with van der Waals surface area (Å²) in [5.41, 5.74) is 11.2. The highest BCUT2D eigenvalue weighted by molar-refractivity contribution is 5.35. The van der Waals surface area contributed by atoms with Gasteiger partial charge in [-0.3, -0.25) is 0 Å². The van der Waals surface area contributed by atoms with E-state index < -0.39 is 0 Å². The molecule has 1 saturated heterocycles. The lowest BCUT2D eigenvalue weighted by molar-refractivity contribution is 0.0268. The van der Waals surface area contributed by atoms with Gasteiger partial charge in [0.05, 0.1) is 0 Å². The number of fused-ring (bicyclic) bond motifs is 1. The normalized spacial score (nSPS) is 28.1. The Morgan fingerprint density at radius 1 is 1.25 bits per heavy atom. The molecule has 0 aromatic carbocycles. The number of hydrogen-bond donors (Lipinski definition) is 1. The minimum absolute atomic E-state index is 0.192. The molecular weight excluding hydrogens is 248 g/mol. The van der Waals surface area contributed by atoms with Gasteiger partial charge in [0.1, 0.15) is 0 Å². The minimum Gasteiger partial charge on any atom is -0.381 e. The van der Waals surface area contributed by atoms with Crippen LogP contribution in [0.2, 0.25) is 0 Å². The lowest BCUT2D eigenvalue weighted by Crippen LogP contribution is -2.40. The lowest BCUT2D eigenvalue weighted by Gasteiger charge is -2.41. The summed E-state index contributed by atoms with van der Waals surface area (Å²) in [6.45, 7) is 11.1. The van der Waals surface area contributed by atoms with E-state index in [4.69, 9.17) is 10.5 Å². The molecule has 1 aromatic heterocycles. The Morgan fingerprint density at radius 3 is 2.55 bits per heavy atom. The third-order valence-electron chi connectivity index (χ3n) is 5.25. The highest BCUT2D eigenvalue weighted by Gasteiger charge is 2.38. The van der Waals surface area contributed by atoms with E-state index in [0.29, 0.717) is 5.41 Å². The molecule has 1 unspecified atom stereocenters. The molecule has 0 bridgehead atoms. The van der Waals surface area contributed by atoms with Crippen molar-refractivity contribution in [2.24, 2.45) is 11.1 Å². The molecule has 0 saturated carbocycles. The van der Waals surface area contributed by atoms with Gasteiger partial charge in [-0.2, -0.15) is 0 Å². The minimum atomic E-state index is 0.192. The number of aryl methyl sites for hydroxylation is 1. The van der Waals surface area contributed by atoms with Gasteiger partial charge in [0.15, 0.2) is 0 Å². The molecule has 3 rings (SSSR count). The molecule has 1 atom stereocenters. The number of ether oxygens (including phenoxy) is 1. The Morgan fingerprint density at radius 2 is 1.90 bits per heavy atom. The van der Waals surface area contributed by atoms with E-state index in [0.717, 1.165) is 38.9 Å². The van der Waals surface area contributed by atoms with Crippen molar-refractivity contribution in [3.63, 3.8) is 0 Å². The average Bonchev–Trinajstić information content (AvgIpc) is 2.66. The van der Waals surface area contributed by atoms with Gasteiger partial charge < -0.3 is 15.0 Å². The quantitative estimate of drug-likeness (QED) is 0.855. The van der Waals surface area contributed by atoms with E-state index in [9.17, 15) is 0 Å². The van der Waals surface area contributed by atoms with Crippen LogP contribution < -0.4 is 5.73 Å². The van der Waals surface area contributed by atoms with Gasteiger partial charge in [-0.05, 0) is 56.6 Å². The van der Waals surface area contributed by atoms with Gasteiger partial charge >= 0.3 is 0 Å². The third-order valence-corrected chi connectivity index (χ3v) is 5.25. The maximum atomic E-state index is 6.44. The van der Waals surface area contributed by atoms with E-state index in [1.54, 1.807) is 0 Å². The molecular formula is C17H28N2O. The molecule has 3 heteroatoms. The molecule has 2 N–H and O–H groups in total. The molecule has 1 fully saturated rings. The first-order chi connectivity index (χ1) is 9.32. The first kappa shape index (κ1) is 14.2. The molecule has 0 radical (unpaired) electrons. The molecule has 0 spiro atoms. The molecule has 2 heterocycles. The van der Waals surface area contributed by atoms with Crippen LogP contribution in [0, 0.1) is 12.3 Å². The molecule has 2 aliphatic rings. The third kappa shape index (κ3) is 2.21. The summed E-state index contributed by atoms with van der Waals surface area (Å²) in [4.78, 5) is 0. The zero-order valence-electron chi connectivity index (χ0n) is 13.3. The van der Waals surface area contributed by atoms with E-state index in [2.05, 4.69) is 38.3 Å². The summed E-state index contributed by atoms with van der Waals surface area (Å²) in [7, 11) is 0. The van der Waals surface area contributed by atoms with Crippen molar-refractivity contribution in [3.05, 3.63) is 23.0 Å². The maximum Gasteiger partial charge on any atom is 0.0488 e. The van der Waals surface area contributed by atoms with Crippen molar-refractivity contribution < 1.29 is 4.74 Å². The summed E-state index contributed by atoms with van der Waals surface area (Å²) >= 11 is 0. The van der Waals surface area contributed by atoms with Crippen molar-refractivity contribution in [2.45, 2.75) is 65.0 Å². The van der Waals surface area contributed by atoms with Gasteiger partial charge in [-0.25, -0.2) is 0 Å². The zero-order chi connectivity index (χ0) is 14.5. The topological polar surface area (TPSA) is 40.2 Å². The molecule has 20 heavy (non-hydrogen) atoms. The molecule has 0 amide bonds. The molecule has 1 aromatic rings. The molecule has 1 aliphatic carbocycles. The highest BCUT2D eigenvalue weighted by atomic mass is 16.5. The molecule has 3 nitrogen and oxygen atoms in total. The van der Waals surface area contributed by atoms with Gasteiger partial charge in [0, 0.05) is 36.2 Å². The van der Waals surface area contributed by atoms with Crippen LogP contribution in [0.5, 0.6) is 0 Å². The Hall–Kier alpha value is -0.800. The largest absolute Gasteiger partial charge is 0.381 e. The van der Waals surface area contributed by atoms with Crippen LogP contribution in [-0.4, -0.2) is 17.8 Å². The predicted molar refractivity (Wildman–Crippen MR) is 81.9 cm³/mol. The predicted octanol–water partition coefficient (Wildman–Crippen LogP) is 3.29. The van der Waals surface area contributed by atoms with E-state index in [-0.39, 0.29) is 11.6 Å². The van der Waals surface area contributed by atoms with E-state index >= 15 is 0 Å². The second-order valence-electron chi connectivity index (χ2n) is 7.78. The SMILES string of the molecule is Cc1cc2c(n1C1(C)CCOCC1)CC(C)(C)CC2N. The summed E-state index contributed by atoms with van der Waals surface area (Å²) in [6, 6.07) is 2.52. The van der Waals surface area contributed by atoms with Crippen molar-refractivity contribution in [1.29, 1.82) is 0 Å². The number of aromatic nitrogens is 1.